The molecule has 0 fully saturated rings. The molecule has 0 aliphatic carbocycles. The quantitative estimate of drug-likeness (QED) is 0.781. The Morgan fingerprint density at radius 3 is 2.48 bits per heavy atom. The number of benzene rings is 1. The van der Waals surface area contributed by atoms with Crippen molar-refractivity contribution in [2.24, 2.45) is 0 Å². The third-order valence-corrected chi connectivity index (χ3v) is 5.98. The normalized spacial score (nSPS) is 11.7. The zero-order chi connectivity index (χ0) is 18.6. The fourth-order valence-corrected chi connectivity index (χ4v) is 3.98. The van der Waals surface area contributed by atoms with Crippen LogP contribution in [0.25, 0.3) is 0 Å². The Bertz CT molecular complexity index is 844. The summed E-state index contributed by atoms with van der Waals surface area (Å²) < 4.78 is 28.1. The van der Waals surface area contributed by atoms with E-state index in [9.17, 15) is 13.2 Å². The third kappa shape index (κ3) is 4.20. The highest BCUT2D eigenvalue weighted by Crippen LogP contribution is 2.26. The van der Waals surface area contributed by atoms with Crippen molar-refractivity contribution in [1.82, 2.24) is 24.5 Å². The maximum absolute atomic E-state index is 12.7. The van der Waals surface area contributed by atoms with Crippen LogP contribution < -0.4 is 5.32 Å². The van der Waals surface area contributed by atoms with Crippen molar-refractivity contribution in [3.8, 4) is 0 Å². The number of tetrazole rings is 1. The van der Waals surface area contributed by atoms with Gasteiger partial charge in [0.1, 0.15) is 12.9 Å². The van der Waals surface area contributed by atoms with Crippen LogP contribution in [0.2, 0.25) is 0 Å². The number of anilines is 1. The van der Waals surface area contributed by atoms with Crippen molar-refractivity contribution in [2.45, 2.75) is 39.1 Å². The van der Waals surface area contributed by atoms with Gasteiger partial charge in [0, 0.05) is 18.8 Å². The molecule has 0 spiro atoms. The number of rotatable bonds is 7. The van der Waals surface area contributed by atoms with E-state index >= 15 is 0 Å². The van der Waals surface area contributed by atoms with Crippen LogP contribution in [0, 0.1) is 13.8 Å². The highest BCUT2D eigenvalue weighted by Gasteiger charge is 2.23. The molecule has 25 heavy (non-hydrogen) atoms. The van der Waals surface area contributed by atoms with E-state index in [-0.39, 0.29) is 17.3 Å². The number of carbonyl (C=O) groups excluding carboxylic acids is 1. The van der Waals surface area contributed by atoms with Crippen molar-refractivity contribution in [3.63, 3.8) is 0 Å². The molecule has 0 bridgehead atoms. The maximum Gasteiger partial charge on any atom is 0.246 e. The molecule has 10 heteroatoms. The number of amides is 1. The van der Waals surface area contributed by atoms with E-state index in [0.717, 1.165) is 11.1 Å². The lowest BCUT2D eigenvalue weighted by atomic mass is 10.1. The van der Waals surface area contributed by atoms with Crippen LogP contribution in [-0.2, 0) is 21.4 Å². The number of aryl methyl sites for hydroxylation is 1. The van der Waals surface area contributed by atoms with Crippen LogP contribution in [-0.4, -0.2) is 51.9 Å². The van der Waals surface area contributed by atoms with Gasteiger partial charge in [0.15, 0.2) is 0 Å². The zero-order valence-corrected chi connectivity index (χ0v) is 15.5. The fourth-order valence-electron chi connectivity index (χ4n) is 2.41. The first-order chi connectivity index (χ1) is 11.8. The minimum Gasteiger partial charge on any atom is -0.324 e. The first-order valence-corrected chi connectivity index (χ1v) is 9.35. The summed E-state index contributed by atoms with van der Waals surface area (Å²) in [7, 11) is -3.60. The van der Waals surface area contributed by atoms with Crippen molar-refractivity contribution in [3.05, 3.63) is 29.6 Å². The Morgan fingerprint density at radius 2 is 1.92 bits per heavy atom. The second kappa shape index (κ2) is 7.70. The monoisotopic (exact) mass is 366 g/mol. The molecule has 1 amide bonds. The molecule has 0 aliphatic rings. The van der Waals surface area contributed by atoms with Crippen LogP contribution in [0.4, 0.5) is 5.69 Å². The van der Waals surface area contributed by atoms with Crippen molar-refractivity contribution < 1.29 is 13.2 Å². The number of carbonyl (C=O) groups is 1. The van der Waals surface area contributed by atoms with Gasteiger partial charge in [0.2, 0.25) is 15.9 Å². The Labute approximate surface area is 147 Å². The minimum atomic E-state index is -3.60. The second-order valence-electron chi connectivity index (χ2n) is 5.56. The molecule has 1 aromatic carbocycles. The summed E-state index contributed by atoms with van der Waals surface area (Å²) in [5.74, 6) is -0.341. The van der Waals surface area contributed by atoms with Crippen LogP contribution in [0.1, 0.15) is 25.0 Å². The molecule has 2 aromatic rings. The van der Waals surface area contributed by atoms with Gasteiger partial charge < -0.3 is 5.32 Å². The van der Waals surface area contributed by atoms with Gasteiger partial charge in [-0.15, -0.1) is 5.10 Å². The molecule has 0 radical (unpaired) electrons. The van der Waals surface area contributed by atoms with Crippen LogP contribution >= 0.6 is 0 Å². The van der Waals surface area contributed by atoms with Crippen LogP contribution in [0.3, 0.4) is 0 Å². The lowest BCUT2D eigenvalue weighted by Crippen LogP contribution is -2.31. The standard InChI is InChI=1S/C15H22N6O3S/c1-5-21(6-2)25(23,24)13-7-11(3)12(4)14(8-13)17-15(22)9-20-10-16-18-19-20/h7-8,10H,5-6,9H2,1-4H3,(H,17,22). The highest BCUT2D eigenvalue weighted by atomic mass is 32.2. The number of nitrogens with one attached hydrogen (secondary N) is 1. The number of aromatic nitrogens is 4. The molecule has 0 atom stereocenters. The van der Waals surface area contributed by atoms with Gasteiger partial charge in [0.25, 0.3) is 0 Å². The van der Waals surface area contributed by atoms with Gasteiger partial charge in [-0.05, 0) is 47.5 Å². The lowest BCUT2D eigenvalue weighted by Gasteiger charge is -2.20. The summed E-state index contributed by atoms with van der Waals surface area (Å²) in [5, 5.41) is 13.3. The number of sulfonamides is 1. The van der Waals surface area contributed by atoms with Gasteiger partial charge in [-0.1, -0.05) is 13.8 Å². The summed E-state index contributed by atoms with van der Waals surface area (Å²) in [5.41, 5.74) is 2.05. The molecular weight excluding hydrogens is 344 g/mol. The topological polar surface area (TPSA) is 110 Å². The van der Waals surface area contributed by atoms with E-state index in [4.69, 9.17) is 0 Å². The van der Waals surface area contributed by atoms with Gasteiger partial charge in [-0.3, -0.25) is 4.79 Å². The molecule has 0 saturated carbocycles. The minimum absolute atomic E-state index is 0.0570. The van der Waals surface area contributed by atoms with Gasteiger partial charge in [-0.2, -0.15) is 4.31 Å². The summed E-state index contributed by atoms with van der Waals surface area (Å²) in [6.07, 6.45) is 1.33. The van der Waals surface area contributed by atoms with Crippen molar-refractivity contribution >= 4 is 21.6 Å². The Balaban J connectivity index is 2.33. The van der Waals surface area contributed by atoms with Gasteiger partial charge in [-0.25, -0.2) is 13.1 Å². The molecule has 2 rings (SSSR count). The van der Waals surface area contributed by atoms with Crippen LogP contribution in [0.15, 0.2) is 23.4 Å². The van der Waals surface area contributed by atoms with Gasteiger partial charge in [0.05, 0.1) is 4.90 Å². The predicted octanol–water partition coefficient (Wildman–Crippen LogP) is 0.959. The molecule has 0 aliphatic heterocycles. The number of nitrogens with zero attached hydrogens (tertiary/aromatic N) is 5. The molecular formula is C15H22N6O3S. The molecule has 136 valence electrons. The SMILES string of the molecule is CCN(CC)S(=O)(=O)c1cc(C)c(C)c(NC(=O)Cn2cnnn2)c1. The summed E-state index contributed by atoms with van der Waals surface area (Å²) in [6.45, 7) is 7.93. The largest absolute Gasteiger partial charge is 0.324 e. The Kier molecular flexibility index (Phi) is 5.85. The lowest BCUT2D eigenvalue weighted by molar-refractivity contribution is -0.116. The fraction of sp³-hybridized carbons (Fsp3) is 0.467. The second-order valence-corrected chi connectivity index (χ2v) is 7.50. The predicted molar refractivity (Wildman–Crippen MR) is 92.5 cm³/mol. The molecule has 1 heterocycles. The van der Waals surface area contributed by atoms with Gasteiger partial charge >= 0.3 is 0 Å². The first-order valence-electron chi connectivity index (χ1n) is 7.91. The van der Waals surface area contributed by atoms with Crippen molar-refractivity contribution in [2.75, 3.05) is 18.4 Å². The van der Waals surface area contributed by atoms with Crippen LogP contribution in [0.5, 0.6) is 0 Å². The van der Waals surface area contributed by atoms with Crippen molar-refractivity contribution in [1.29, 1.82) is 0 Å². The van der Waals surface area contributed by atoms with E-state index < -0.39 is 10.0 Å². The summed E-state index contributed by atoms with van der Waals surface area (Å²) >= 11 is 0. The third-order valence-electron chi connectivity index (χ3n) is 3.96. The summed E-state index contributed by atoms with van der Waals surface area (Å²) in [6, 6.07) is 3.12. The van der Waals surface area contributed by atoms with E-state index in [0.29, 0.717) is 18.8 Å². The molecule has 0 unspecified atom stereocenters. The molecule has 0 saturated heterocycles. The smallest absolute Gasteiger partial charge is 0.246 e. The van der Waals surface area contributed by atoms with E-state index in [2.05, 4.69) is 20.8 Å². The number of hydrogen-bond acceptors (Lipinski definition) is 6. The Hall–Kier alpha value is -2.33. The Morgan fingerprint density at radius 1 is 1.24 bits per heavy atom. The highest BCUT2D eigenvalue weighted by molar-refractivity contribution is 7.89. The molecule has 9 nitrogen and oxygen atoms in total. The average molecular weight is 366 g/mol. The maximum atomic E-state index is 12.7. The first kappa shape index (κ1) is 19.0. The molecule has 1 aromatic heterocycles. The number of hydrogen-bond donors (Lipinski definition) is 1. The van der Waals surface area contributed by atoms with E-state index in [1.54, 1.807) is 19.9 Å². The van der Waals surface area contributed by atoms with E-state index in [1.165, 1.54) is 21.4 Å². The molecule has 1 N–H and O–H groups in total. The summed E-state index contributed by atoms with van der Waals surface area (Å²) in [4.78, 5) is 12.3. The zero-order valence-electron chi connectivity index (χ0n) is 14.7. The average Bonchev–Trinajstić information content (AvgIpc) is 3.05. The van der Waals surface area contributed by atoms with E-state index in [1.807, 2.05) is 13.8 Å².